The van der Waals surface area contributed by atoms with E-state index in [-0.39, 0.29) is 6.42 Å². The van der Waals surface area contributed by atoms with Crippen LogP contribution >= 0.6 is 0 Å². The van der Waals surface area contributed by atoms with Crippen molar-refractivity contribution in [3.8, 4) is 0 Å². The first-order chi connectivity index (χ1) is 6.24. The Morgan fingerprint density at radius 3 is 2.69 bits per heavy atom. The number of amides is 1. The van der Waals surface area contributed by atoms with Crippen LogP contribution in [0.2, 0.25) is 0 Å². The molecule has 72 valence electrons. The van der Waals surface area contributed by atoms with Gasteiger partial charge in [0.2, 0.25) is 12.4 Å². The largest absolute Gasteiger partial charge is 0.386 e. The molecular weight excluding hydrogens is 175 g/mol. The lowest BCUT2D eigenvalue weighted by atomic mass is 9.89. The molecular formula is C8H11FN2O2. The van der Waals surface area contributed by atoms with Gasteiger partial charge in [0.1, 0.15) is 5.60 Å². The summed E-state index contributed by atoms with van der Waals surface area (Å²) in [5.41, 5.74) is -0.455. The normalized spacial score (nSPS) is 25.6. The van der Waals surface area contributed by atoms with Crippen LogP contribution in [0.15, 0.2) is 5.16 Å². The molecule has 1 amide bonds. The van der Waals surface area contributed by atoms with Crippen molar-refractivity contribution in [2.75, 3.05) is 13.1 Å². The van der Waals surface area contributed by atoms with Gasteiger partial charge < -0.3 is 9.74 Å². The molecule has 0 unspecified atom stereocenters. The average Bonchev–Trinajstić information content (AvgIpc) is 2.49. The number of hydrogen-bond acceptors (Lipinski definition) is 3. The highest BCUT2D eigenvalue weighted by Crippen LogP contribution is 2.34. The van der Waals surface area contributed by atoms with Gasteiger partial charge in [-0.25, -0.2) is 0 Å². The van der Waals surface area contributed by atoms with Crippen LogP contribution in [0.3, 0.4) is 0 Å². The van der Waals surface area contributed by atoms with E-state index in [1.54, 1.807) is 4.90 Å². The Bertz CT molecular complexity index is 247. The van der Waals surface area contributed by atoms with Crippen molar-refractivity contribution in [2.45, 2.75) is 24.9 Å². The first-order valence-electron chi connectivity index (χ1n) is 4.34. The molecule has 1 spiro atoms. The smallest absolute Gasteiger partial charge is 0.230 e. The lowest BCUT2D eigenvalue weighted by molar-refractivity contribution is -0.123. The van der Waals surface area contributed by atoms with Crippen molar-refractivity contribution < 1.29 is 14.0 Å². The minimum absolute atomic E-state index is 0.264. The van der Waals surface area contributed by atoms with Crippen LogP contribution in [0.4, 0.5) is 4.39 Å². The molecule has 4 nitrogen and oxygen atoms in total. The summed E-state index contributed by atoms with van der Waals surface area (Å²) in [6.07, 6.45) is 2.42. The van der Waals surface area contributed by atoms with E-state index in [0.717, 1.165) is 6.41 Å². The monoisotopic (exact) mass is 186 g/mol. The quantitative estimate of drug-likeness (QED) is 0.565. The Morgan fingerprint density at radius 2 is 2.23 bits per heavy atom. The predicted molar refractivity (Wildman–Crippen MR) is 43.8 cm³/mol. The topological polar surface area (TPSA) is 41.9 Å². The number of hydrogen-bond donors (Lipinski definition) is 0. The summed E-state index contributed by atoms with van der Waals surface area (Å²) in [7, 11) is 0. The fourth-order valence-electron chi connectivity index (χ4n) is 1.78. The van der Waals surface area contributed by atoms with Gasteiger partial charge in [-0.2, -0.15) is 4.39 Å². The Labute approximate surface area is 75.3 Å². The number of carbonyl (C=O) groups is 1. The number of halogens is 1. The van der Waals surface area contributed by atoms with Gasteiger partial charge in [0.25, 0.3) is 0 Å². The third-order valence-electron chi connectivity index (χ3n) is 2.66. The second-order valence-electron chi connectivity index (χ2n) is 3.56. The average molecular weight is 186 g/mol. The molecule has 0 atom stereocenters. The summed E-state index contributed by atoms with van der Waals surface area (Å²) in [5.74, 6) is -0.431. The predicted octanol–water partition coefficient (Wildman–Crippen LogP) is 0.681. The lowest BCUT2D eigenvalue weighted by Crippen LogP contribution is -2.43. The summed E-state index contributed by atoms with van der Waals surface area (Å²) < 4.78 is 12.7. The number of piperidine rings is 1. The number of likely N-dealkylation sites (tertiary alicyclic amines) is 1. The van der Waals surface area contributed by atoms with Gasteiger partial charge in [0, 0.05) is 25.9 Å². The van der Waals surface area contributed by atoms with E-state index in [2.05, 4.69) is 5.16 Å². The van der Waals surface area contributed by atoms with Gasteiger partial charge in [-0.05, 0) is 0 Å². The van der Waals surface area contributed by atoms with E-state index in [1.807, 2.05) is 0 Å². The molecule has 1 saturated heterocycles. The zero-order valence-corrected chi connectivity index (χ0v) is 7.20. The minimum atomic E-state index is -0.455. The Morgan fingerprint density at radius 1 is 1.54 bits per heavy atom. The Balaban J connectivity index is 1.95. The van der Waals surface area contributed by atoms with Crippen LogP contribution in [0, 0.1) is 0 Å². The molecule has 2 aliphatic rings. The minimum Gasteiger partial charge on any atom is -0.386 e. The molecule has 0 aromatic heterocycles. The maximum atomic E-state index is 12.7. The van der Waals surface area contributed by atoms with Crippen LogP contribution in [0.1, 0.15) is 19.3 Å². The van der Waals surface area contributed by atoms with E-state index < -0.39 is 11.6 Å². The zero-order chi connectivity index (χ0) is 9.31. The maximum absolute atomic E-state index is 12.7. The third kappa shape index (κ3) is 1.50. The molecule has 0 aromatic carbocycles. The molecule has 1 fully saturated rings. The van der Waals surface area contributed by atoms with Crippen LogP contribution in [-0.4, -0.2) is 36.0 Å². The molecule has 0 aromatic rings. The van der Waals surface area contributed by atoms with E-state index >= 15 is 0 Å². The SMILES string of the molecule is O=CN1CCC2(CC1)CC(F)=NO2. The maximum Gasteiger partial charge on any atom is 0.230 e. The highest BCUT2D eigenvalue weighted by atomic mass is 19.1. The first kappa shape index (κ1) is 8.47. The highest BCUT2D eigenvalue weighted by molar-refractivity contribution is 5.76. The number of oxime groups is 1. The fraction of sp³-hybridized carbons (Fsp3) is 0.750. The zero-order valence-electron chi connectivity index (χ0n) is 7.20. The lowest BCUT2D eigenvalue weighted by Gasteiger charge is -2.34. The Kier molecular flexibility index (Phi) is 1.94. The van der Waals surface area contributed by atoms with E-state index in [0.29, 0.717) is 25.9 Å². The molecule has 0 N–H and O–H groups in total. The third-order valence-corrected chi connectivity index (χ3v) is 2.66. The summed E-state index contributed by atoms with van der Waals surface area (Å²) in [5, 5.41) is 3.31. The van der Waals surface area contributed by atoms with Crippen molar-refractivity contribution in [3.63, 3.8) is 0 Å². The van der Waals surface area contributed by atoms with Gasteiger partial charge in [-0.1, -0.05) is 5.16 Å². The Hall–Kier alpha value is -1.13. The number of nitrogens with zero attached hydrogens (tertiary/aromatic N) is 2. The highest BCUT2D eigenvalue weighted by Gasteiger charge is 2.42. The summed E-state index contributed by atoms with van der Waals surface area (Å²) >= 11 is 0. The van der Waals surface area contributed by atoms with Crippen molar-refractivity contribution >= 4 is 12.4 Å². The molecule has 2 rings (SSSR count). The molecule has 0 aliphatic carbocycles. The van der Waals surface area contributed by atoms with Crippen molar-refractivity contribution in [1.29, 1.82) is 0 Å². The van der Waals surface area contributed by atoms with E-state index in [9.17, 15) is 9.18 Å². The molecule has 5 heteroatoms. The first-order valence-corrected chi connectivity index (χ1v) is 4.34. The van der Waals surface area contributed by atoms with Crippen LogP contribution in [-0.2, 0) is 9.63 Å². The number of carbonyl (C=O) groups excluding carboxylic acids is 1. The molecule has 0 bridgehead atoms. The second-order valence-corrected chi connectivity index (χ2v) is 3.56. The van der Waals surface area contributed by atoms with Gasteiger partial charge in [0.15, 0.2) is 0 Å². The van der Waals surface area contributed by atoms with Gasteiger partial charge in [-0.15, -0.1) is 0 Å². The second kappa shape index (κ2) is 2.97. The van der Waals surface area contributed by atoms with Crippen molar-refractivity contribution in [3.05, 3.63) is 0 Å². The number of rotatable bonds is 1. The van der Waals surface area contributed by atoms with Crippen molar-refractivity contribution in [2.24, 2.45) is 5.16 Å². The van der Waals surface area contributed by atoms with Crippen LogP contribution in [0.5, 0.6) is 0 Å². The summed E-state index contributed by atoms with van der Waals surface area (Å²) in [6, 6.07) is 0. The van der Waals surface area contributed by atoms with Gasteiger partial charge in [-0.3, -0.25) is 4.79 Å². The molecule has 2 heterocycles. The summed E-state index contributed by atoms with van der Waals surface area (Å²) in [6.45, 7) is 1.26. The van der Waals surface area contributed by atoms with Crippen LogP contribution in [0.25, 0.3) is 0 Å². The van der Waals surface area contributed by atoms with Gasteiger partial charge in [0.05, 0.1) is 6.42 Å². The molecule has 13 heavy (non-hydrogen) atoms. The summed E-state index contributed by atoms with van der Waals surface area (Å²) in [4.78, 5) is 17.1. The van der Waals surface area contributed by atoms with E-state index in [1.165, 1.54) is 0 Å². The fourth-order valence-corrected chi connectivity index (χ4v) is 1.78. The molecule has 0 radical (unpaired) electrons. The van der Waals surface area contributed by atoms with Crippen LogP contribution < -0.4 is 0 Å². The molecule has 2 aliphatic heterocycles. The standard InChI is InChI=1S/C8H11FN2O2/c9-7-5-8(13-10-7)1-3-11(6-12)4-2-8/h6H,1-5H2. The molecule has 0 saturated carbocycles. The van der Waals surface area contributed by atoms with E-state index in [4.69, 9.17) is 4.84 Å². The van der Waals surface area contributed by atoms with Gasteiger partial charge >= 0.3 is 0 Å². The van der Waals surface area contributed by atoms with Crippen molar-refractivity contribution in [1.82, 2.24) is 4.90 Å².